The van der Waals surface area contributed by atoms with Gasteiger partial charge < -0.3 is 10.4 Å². The number of nitrogens with zero attached hydrogens (tertiary/aromatic N) is 4. The van der Waals surface area contributed by atoms with Gasteiger partial charge in [0.25, 0.3) is 0 Å². The van der Waals surface area contributed by atoms with Crippen molar-refractivity contribution in [2.75, 3.05) is 11.9 Å². The van der Waals surface area contributed by atoms with Crippen LogP contribution in [0.15, 0.2) is 48.9 Å². The van der Waals surface area contributed by atoms with E-state index in [1.807, 2.05) is 44.2 Å². The van der Waals surface area contributed by atoms with Crippen molar-refractivity contribution in [2.45, 2.75) is 19.9 Å². The molecule has 0 bridgehead atoms. The zero-order valence-electron chi connectivity index (χ0n) is 13.6. The minimum Gasteiger partial charge on any atom is -0.394 e. The van der Waals surface area contributed by atoms with Crippen LogP contribution in [0, 0.1) is 13.8 Å². The fraction of sp³-hybridized carbons (Fsp3) is 0.222. The summed E-state index contributed by atoms with van der Waals surface area (Å²) in [6.07, 6.45) is 5.11. The number of nitrogens with one attached hydrogen (secondary N) is 1. The summed E-state index contributed by atoms with van der Waals surface area (Å²) in [5, 5.41) is 12.8. The van der Waals surface area contributed by atoms with Gasteiger partial charge in [0.1, 0.15) is 0 Å². The zero-order chi connectivity index (χ0) is 16.9. The molecule has 3 aromatic rings. The number of aromatic nitrogens is 4. The lowest BCUT2D eigenvalue weighted by atomic mass is 10.1. The van der Waals surface area contributed by atoms with E-state index in [-0.39, 0.29) is 12.6 Å². The van der Waals surface area contributed by atoms with Gasteiger partial charge in [-0.15, -0.1) is 0 Å². The second-order valence-corrected chi connectivity index (χ2v) is 5.52. The van der Waals surface area contributed by atoms with Crippen LogP contribution in [-0.2, 0) is 0 Å². The number of hydrogen-bond donors (Lipinski definition) is 2. The first kappa shape index (κ1) is 16.0. The summed E-state index contributed by atoms with van der Waals surface area (Å²) >= 11 is 0. The van der Waals surface area contributed by atoms with Gasteiger partial charge in [0.05, 0.1) is 18.3 Å². The molecule has 0 fully saturated rings. The Hall–Kier alpha value is -2.86. The second-order valence-electron chi connectivity index (χ2n) is 5.52. The van der Waals surface area contributed by atoms with Gasteiger partial charge in [0.2, 0.25) is 5.95 Å². The summed E-state index contributed by atoms with van der Waals surface area (Å²) in [6, 6.07) is 9.24. The van der Waals surface area contributed by atoms with Crippen LogP contribution in [0.5, 0.6) is 0 Å². The van der Waals surface area contributed by atoms with Gasteiger partial charge in [-0.3, -0.25) is 9.97 Å². The van der Waals surface area contributed by atoms with Gasteiger partial charge in [-0.25, -0.2) is 9.97 Å². The maximum Gasteiger partial charge on any atom is 0.223 e. The highest BCUT2D eigenvalue weighted by Gasteiger charge is 2.13. The third-order valence-corrected chi connectivity index (χ3v) is 3.73. The number of anilines is 1. The van der Waals surface area contributed by atoms with Crippen LogP contribution < -0.4 is 5.32 Å². The second kappa shape index (κ2) is 7.14. The largest absolute Gasteiger partial charge is 0.394 e. The molecule has 0 aliphatic carbocycles. The van der Waals surface area contributed by atoms with Gasteiger partial charge in [-0.05, 0) is 43.7 Å². The predicted molar refractivity (Wildman–Crippen MR) is 92.4 cm³/mol. The van der Waals surface area contributed by atoms with Crippen molar-refractivity contribution in [3.8, 4) is 11.3 Å². The van der Waals surface area contributed by atoms with Crippen LogP contribution in [-0.4, -0.2) is 31.6 Å². The fourth-order valence-corrected chi connectivity index (χ4v) is 2.51. The average Bonchev–Trinajstić information content (AvgIpc) is 2.60. The maximum atomic E-state index is 9.65. The highest BCUT2D eigenvalue weighted by molar-refractivity contribution is 5.62. The van der Waals surface area contributed by atoms with Gasteiger partial charge in [-0.1, -0.05) is 6.07 Å². The minimum absolute atomic E-state index is 0.0790. The van der Waals surface area contributed by atoms with Crippen LogP contribution in [0.25, 0.3) is 11.3 Å². The van der Waals surface area contributed by atoms with E-state index in [0.29, 0.717) is 5.95 Å². The molecule has 122 valence electrons. The molecule has 24 heavy (non-hydrogen) atoms. The van der Waals surface area contributed by atoms with Gasteiger partial charge >= 0.3 is 0 Å². The smallest absolute Gasteiger partial charge is 0.223 e. The Morgan fingerprint density at radius 1 is 1.08 bits per heavy atom. The molecule has 3 rings (SSSR count). The van der Waals surface area contributed by atoms with Crippen LogP contribution in [0.1, 0.15) is 23.0 Å². The lowest BCUT2D eigenvalue weighted by Crippen LogP contribution is -2.16. The normalized spacial score (nSPS) is 12.0. The Morgan fingerprint density at radius 2 is 1.96 bits per heavy atom. The molecule has 0 saturated heterocycles. The summed E-state index contributed by atoms with van der Waals surface area (Å²) in [6.45, 7) is 3.84. The van der Waals surface area contributed by atoms with Crippen LogP contribution in [0.4, 0.5) is 5.95 Å². The highest BCUT2D eigenvalue weighted by Crippen LogP contribution is 2.22. The zero-order valence-corrected chi connectivity index (χ0v) is 13.6. The van der Waals surface area contributed by atoms with E-state index in [1.54, 1.807) is 18.6 Å². The SMILES string of the molecule is Cc1ccc(-c2ccnc(N[C@@H](CO)c3cccnc3)n2)c(C)n1. The van der Waals surface area contributed by atoms with E-state index in [1.165, 1.54) is 0 Å². The van der Waals surface area contributed by atoms with Crippen LogP contribution >= 0.6 is 0 Å². The summed E-state index contributed by atoms with van der Waals surface area (Å²) in [7, 11) is 0. The number of aliphatic hydroxyl groups is 1. The molecule has 6 nitrogen and oxygen atoms in total. The topological polar surface area (TPSA) is 83.8 Å². The van der Waals surface area contributed by atoms with Crippen molar-refractivity contribution in [3.63, 3.8) is 0 Å². The van der Waals surface area contributed by atoms with E-state index >= 15 is 0 Å². The standard InChI is InChI=1S/C18H19N5O/c1-12-5-6-15(13(2)21-12)16-7-9-20-18(22-16)23-17(11-24)14-4-3-8-19-10-14/h3-10,17,24H,11H2,1-2H3,(H,20,22,23)/t17-/m0/s1. The van der Waals surface area contributed by atoms with Crippen molar-refractivity contribution in [1.82, 2.24) is 19.9 Å². The van der Waals surface area contributed by atoms with Crippen LogP contribution in [0.3, 0.4) is 0 Å². The first-order valence-corrected chi connectivity index (χ1v) is 7.72. The van der Waals surface area contributed by atoms with Crippen LogP contribution in [0.2, 0.25) is 0 Å². The number of aliphatic hydroxyl groups excluding tert-OH is 1. The maximum absolute atomic E-state index is 9.65. The summed E-state index contributed by atoms with van der Waals surface area (Å²) in [4.78, 5) is 17.4. The van der Waals surface area contributed by atoms with Crippen molar-refractivity contribution >= 4 is 5.95 Å². The summed E-state index contributed by atoms with van der Waals surface area (Å²) in [5.41, 5.74) is 4.53. The van der Waals surface area contributed by atoms with Crippen molar-refractivity contribution < 1.29 is 5.11 Å². The number of rotatable bonds is 5. The Balaban J connectivity index is 1.87. The molecule has 1 atom stereocenters. The molecule has 0 aliphatic rings. The number of hydrogen-bond acceptors (Lipinski definition) is 6. The molecule has 0 aromatic carbocycles. The Morgan fingerprint density at radius 3 is 2.67 bits per heavy atom. The molecular formula is C18H19N5O. The molecule has 0 amide bonds. The lowest BCUT2D eigenvalue weighted by Gasteiger charge is -2.16. The lowest BCUT2D eigenvalue weighted by molar-refractivity contribution is 0.275. The number of aryl methyl sites for hydroxylation is 2. The summed E-state index contributed by atoms with van der Waals surface area (Å²) in [5.74, 6) is 0.454. The molecule has 2 N–H and O–H groups in total. The van der Waals surface area contributed by atoms with Crippen molar-refractivity contribution in [1.29, 1.82) is 0 Å². The quantitative estimate of drug-likeness (QED) is 0.752. The van der Waals surface area contributed by atoms with E-state index < -0.39 is 0 Å². The predicted octanol–water partition coefficient (Wildman–Crippen LogP) is 2.70. The van der Waals surface area contributed by atoms with E-state index in [4.69, 9.17) is 0 Å². The Labute approximate surface area is 140 Å². The molecule has 3 aromatic heterocycles. The van der Waals surface area contributed by atoms with Gasteiger partial charge in [0, 0.05) is 35.5 Å². The molecule has 0 radical (unpaired) electrons. The summed E-state index contributed by atoms with van der Waals surface area (Å²) < 4.78 is 0. The van der Waals surface area contributed by atoms with Crippen molar-refractivity contribution in [3.05, 3.63) is 65.9 Å². The highest BCUT2D eigenvalue weighted by atomic mass is 16.3. The monoisotopic (exact) mass is 321 g/mol. The molecule has 0 aliphatic heterocycles. The van der Waals surface area contributed by atoms with E-state index in [9.17, 15) is 5.11 Å². The van der Waals surface area contributed by atoms with E-state index in [0.717, 1.165) is 28.2 Å². The number of pyridine rings is 2. The molecule has 3 heterocycles. The first-order chi connectivity index (χ1) is 11.7. The third-order valence-electron chi connectivity index (χ3n) is 3.73. The first-order valence-electron chi connectivity index (χ1n) is 7.72. The molecule has 0 saturated carbocycles. The molecule has 0 spiro atoms. The van der Waals surface area contributed by atoms with Gasteiger partial charge in [-0.2, -0.15) is 0 Å². The van der Waals surface area contributed by atoms with Crippen molar-refractivity contribution in [2.24, 2.45) is 0 Å². The average molecular weight is 321 g/mol. The fourth-order valence-electron chi connectivity index (χ4n) is 2.51. The van der Waals surface area contributed by atoms with Gasteiger partial charge in [0.15, 0.2) is 0 Å². The van der Waals surface area contributed by atoms with E-state index in [2.05, 4.69) is 25.3 Å². The molecular weight excluding hydrogens is 302 g/mol. The Bertz CT molecular complexity index is 823. The molecule has 6 heteroatoms. The molecule has 0 unspecified atom stereocenters. The minimum atomic E-state index is -0.314. The third kappa shape index (κ3) is 3.55. The Kier molecular flexibility index (Phi) is 4.77.